The van der Waals surface area contributed by atoms with Gasteiger partial charge in [-0.05, 0) is 40.4 Å². The molecule has 0 spiro atoms. The first kappa shape index (κ1) is 19.1. The predicted octanol–water partition coefficient (Wildman–Crippen LogP) is 4.98. The summed E-state index contributed by atoms with van der Waals surface area (Å²) in [6, 6.07) is 0. The van der Waals surface area contributed by atoms with Gasteiger partial charge in [0, 0.05) is 0 Å². The van der Waals surface area contributed by atoms with Crippen LogP contribution in [-0.4, -0.2) is 8.32 Å². The van der Waals surface area contributed by atoms with Crippen LogP contribution in [-0.2, 0) is 4.43 Å². The van der Waals surface area contributed by atoms with E-state index >= 15 is 0 Å². The molecule has 0 saturated carbocycles. The molecule has 14 heavy (non-hydrogen) atoms. The van der Waals surface area contributed by atoms with Gasteiger partial charge in [0.1, 0.15) is 0 Å². The minimum Gasteiger partial charge on any atom is -0.548 e. The first-order chi connectivity index (χ1) is 6.33. The Morgan fingerprint density at radius 1 is 1.07 bits per heavy atom. The van der Waals surface area contributed by atoms with Gasteiger partial charge in [-0.15, -0.1) is 0 Å². The van der Waals surface area contributed by atoms with Crippen LogP contribution in [0.15, 0.2) is 24.5 Å². The Labute approximate surface area is 92.0 Å². The maximum Gasteiger partial charge on any atom is 0.241 e. The van der Waals surface area contributed by atoms with Gasteiger partial charge in [0.25, 0.3) is 0 Å². The van der Waals surface area contributed by atoms with E-state index in [2.05, 4.69) is 26.2 Å². The second-order valence-corrected chi connectivity index (χ2v) is 8.01. The maximum absolute atomic E-state index is 5.38. The van der Waals surface area contributed by atoms with Gasteiger partial charge in [-0.3, -0.25) is 0 Å². The van der Waals surface area contributed by atoms with Gasteiger partial charge in [0.15, 0.2) is 0 Å². The van der Waals surface area contributed by atoms with E-state index in [1.807, 2.05) is 46.8 Å². The van der Waals surface area contributed by atoms with Crippen LogP contribution in [0.5, 0.6) is 0 Å². The average Bonchev–Trinajstić information content (AvgIpc) is 2.04. The fourth-order valence-corrected chi connectivity index (χ4v) is 1.57. The first-order valence-electron chi connectivity index (χ1n) is 5.25. The SMILES string of the molecule is C=C(C)O[Si](C)(C)C.CC.CC=CC. The molecule has 0 radical (unpaired) electrons. The molecule has 0 rings (SSSR count). The molecule has 0 aliphatic heterocycles. The molecule has 0 amide bonds. The number of hydrogen-bond acceptors (Lipinski definition) is 1. The minimum atomic E-state index is -1.32. The Hall–Kier alpha value is -0.503. The molecule has 0 N–H and O–H groups in total. The molecule has 0 atom stereocenters. The molecule has 86 valence electrons. The van der Waals surface area contributed by atoms with E-state index in [0.717, 1.165) is 5.76 Å². The van der Waals surface area contributed by atoms with E-state index in [0.29, 0.717) is 0 Å². The van der Waals surface area contributed by atoms with E-state index in [1.54, 1.807) is 0 Å². The fraction of sp³-hybridized carbons (Fsp3) is 0.667. The molecule has 0 aromatic rings. The lowest BCUT2D eigenvalue weighted by atomic mass is 10.6. The highest BCUT2D eigenvalue weighted by molar-refractivity contribution is 6.70. The smallest absolute Gasteiger partial charge is 0.241 e. The zero-order valence-corrected chi connectivity index (χ0v) is 12.3. The summed E-state index contributed by atoms with van der Waals surface area (Å²) < 4.78 is 5.38. The zero-order valence-electron chi connectivity index (χ0n) is 11.3. The predicted molar refractivity (Wildman–Crippen MR) is 71.1 cm³/mol. The minimum absolute atomic E-state index is 0.837. The lowest BCUT2D eigenvalue weighted by Gasteiger charge is -2.18. The Kier molecular flexibility index (Phi) is 17.1. The Balaban J connectivity index is -0.000000170. The van der Waals surface area contributed by atoms with Crippen LogP contribution >= 0.6 is 0 Å². The van der Waals surface area contributed by atoms with Crippen LogP contribution in [0.1, 0.15) is 34.6 Å². The molecule has 0 aliphatic rings. The van der Waals surface area contributed by atoms with E-state index in [9.17, 15) is 0 Å². The van der Waals surface area contributed by atoms with Gasteiger partial charge in [0.2, 0.25) is 8.32 Å². The van der Waals surface area contributed by atoms with Crippen molar-refractivity contribution in [2.75, 3.05) is 0 Å². The molecule has 1 nitrogen and oxygen atoms in total. The topological polar surface area (TPSA) is 9.23 Å². The highest BCUT2D eigenvalue weighted by atomic mass is 28.4. The van der Waals surface area contributed by atoms with Crippen molar-refractivity contribution in [2.24, 2.45) is 0 Å². The average molecular weight is 216 g/mol. The standard InChI is InChI=1S/C6H14OSi.C4H8.C2H6/c1-6(2)7-8(3,4)5;1-3-4-2;1-2/h1H2,2-5H3;3-4H,1-2H3;1-2H3. The van der Waals surface area contributed by atoms with Crippen LogP contribution in [0.2, 0.25) is 19.6 Å². The summed E-state index contributed by atoms with van der Waals surface area (Å²) in [5.74, 6) is 0.837. The van der Waals surface area contributed by atoms with Crippen molar-refractivity contribution < 1.29 is 4.43 Å². The van der Waals surface area contributed by atoms with Crippen molar-refractivity contribution in [3.05, 3.63) is 24.5 Å². The molecule has 0 heterocycles. The summed E-state index contributed by atoms with van der Waals surface area (Å²) in [5.41, 5.74) is 0. The summed E-state index contributed by atoms with van der Waals surface area (Å²) in [4.78, 5) is 0. The van der Waals surface area contributed by atoms with Crippen LogP contribution in [0.25, 0.3) is 0 Å². The third-order valence-electron chi connectivity index (χ3n) is 0.814. The monoisotopic (exact) mass is 216 g/mol. The second-order valence-electron chi connectivity index (χ2n) is 3.58. The Bertz CT molecular complexity index is 139. The van der Waals surface area contributed by atoms with Gasteiger partial charge in [0.05, 0.1) is 5.76 Å². The van der Waals surface area contributed by atoms with Crippen LogP contribution in [0, 0.1) is 0 Å². The molecule has 0 aliphatic carbocycles. The van der Waals surface area contributed by atoms with Crippen molar-refractivity contribution in [3.8, 4) is 0 Å². The molecule has 2 heteroatoms. The largest absolute Gasteiger partial charge is 0.548 e. The third kappa shape index (κ3) is 41.9. The zero-order chi connectivity index (χ0) is 12.2. The Morgan fingerprint density at radius 3 is 1.36 bits per heavy atom. The fourth-order valence-electron chi connectivity index (χ4n) is 0.523. The summed E-state index contributed by atoms with van der Waals surface area (Å²) in [7, 11) is -1.32. The normalized spacial score (nSPS) is 9.43. The van der Waals surface area contributed by atoms with Crippen molar-refractivity contribution in [2.45, 2.75) is 54.3 Å². The Morgan fingerprint density at radius 2 is 1.36 bits per heavy atom. The third-order valence-corrected chi connectivity index (χ3v) is 1.77. The second kappa shape index (κ2) is 12.5. The molecular formula is C12H28OSi. The van der Waals surface area contributed by atoms with Gasteiger partial charge in [-0.1, -0.05) is 32.6 Å². The van der Waals surface area contributed by atoms with E-state index < -0.39 is 8.32 Å². The highest BCUT2D eigenvalue weighted by Crippen LogP contribution is 2.06. The summed E-state index contributed by atoms with van der Waals surface area (Å²) in [6.45, 7) is 20.0. The van der Waals surface area contributed by atoms with Crippen molar-refractivity contribution in [1.29, 1.82) is 0 Å². The van der Waals surface area contributed by atoms with E-state index in [4.69, 9.17) is 4.43 Å². The summed E-state index contributed by atoms with van der Waals surface area (Å²) in [5, 5.41) is 0. The van der Waals surface area contributed by atoms with E-state index in [-0.39, 0.29) is 0 Å². The molecule has 0 saturated heterocycles. The van der Waals surface area contributed by atoms with Crippen LogP contribution < -0.4 is 0 Å². The van der Waals surface area contributed by atoms with Crippen molar-refractivity contribution in [3.63, 3.8) is 0 Å². The quantitative estimate of drug-likeness (QED) is 0.359. The number of hydrogen-bond donors (Lipinski definition) is 0. The molecule has 0 fully saturated rings. The van der Waals surface area contributed by atoms with Gasteiger partial charge < -0.3 is 4.43 Å². The van der Waals surface area contributed by atoms with Crippen LogP contribution in [0.3, 0.4) is 0 Å². The molecule has 0 aromatic heterocycles. The first-order valence-corrected chi connectivity index (χ1v) is 8.66. The van der Waals surface area contributed by atoms with E-state index in [1.165, 1.54) is 0 Å². The molecule has 0 aromatic carbocycles. The number of allylic oxidation sites excluding steroid dienone is 3. The summed E-state index contributed by atoms with van der Waals surface area (Å²) in [6.07, 6.45) is 4.00. The molecular weight excluding hydrogens is 188 g/mol. The maximum atomic E-state index is 5.38. The summed E-state index contributed by atoms with van der Waals surface area (Å²) >= 11 is 0. The van der Waals surface area contributed by atoms with Crippen molar-refractivity contribution >= 4 is 8.32 Å². The molecule has 0 bridgehead atoms. The number of rotatable bonds is 2. The lowest BCUT2D eigenvalue weighted by Crippen LogP contribution is -2.23. The van der Waals surface area contributed by atoms with Gasteiger partial charge in [-0.25, -0.2) is 0 Å². The van der Waals surface area contributed by atoms with Crippen LogP contribution in [0.4, 0.5) is 0 Å². The van der Waals surface area contributed by atoms with Crippen molar-refractivity contribution in [1.82, 2.24) is 0 Å². The van der Waals surface area contributed by atoms with Gasteiger partial charge >= 0.3 is 0 Å². The lowest BCUT2D eigenvalue weighted by molar-refractivity contribution is 0.427. The molecule has 0 unspecified atom stereocenters. The highest BCUT2D eigenvalue weighted by Gasteiger charge is 2.14. The van der Waals surface area contributed by atoms with Gasteiger partial charge in [-0.2, -0.15) is 0 Å².